The van der Waals surface area contributed by atoms with Crippen LogP contribution in [-0.2, 0) is 0 Å². The molecule has 3 nitrogen and oxygen atoms in total. The van der Waals surface area contributed by atoms with Crippen LogP contribution in [0.2, 0.25) is 0 Å². The minimum Gasteiger partial charge on any atom is -0.508 e. The van der Waals surface area contributed by atoms with Crippen LogP contribution in [-0.4, -0.2) is 21.4 Å². The molecule has 0 radical (unpaired) electrons. The van der Waals surface area contributed by atoms with Crippen molar-refractivity contribution in [3.63, 3.8) is 0 Å². The summed E-state index contributed by atoms with van der Waals surface area (Å²) in [5.74, 6) is 0.327. The Kier molecular flexibility index (Phi) is 7.24. The standard InChI is InChI=1S/C18H26O3/c1-4-14(12-18(21)13(2)3)8-7-11-17(20)15-9-5-6-10-16(15)19/h5-7,9-10,13,17-21H,4,11-12H2,1-3H3/t8?,17-,18-/m1/s1. The summed E-state index contributed by atoms with van der Waals surface area (Å²) in [6.07, 6.45) is 2.50. The minimum atomic E-state index is -0.744. The summed E-state index contributed by atoms with van der Waals surface area (Å²) in [4.78, 5) is 0. The lowest BCUT2D eigenvalue weighted by Crippen LogP contribution is -2.14. The van der Waals surface area contributed by atoms with Crippen molar-refractivity contribution in [1.29, 1.82) is 0 Å². The lowest BCUT2D eigenvalue weighted by molar-refractivity contribution is 0.125. The van der Waals surface area contributed by atoms with Crippen molar-refractivity contribution in [2.24, 2.45) is 5.92 Å². The third kappa shape index (κ3) is 5.76. The van der Waals surface area contributed by atoms with E-state index in [2.05, 4.69) is 5.73 Å². The fourth-order valence-corrected chi connectivity index (χ4v) is 2.00. The molecule has 0 aliphatic heterocycles. The Morgan fingerprint density at radius 1 is 1.24 bits per heavy atom. The molecule has 1 rings (SSSR count). The van der Waals surface area contributed by atoms with Gasteiger partial charge in [-0.25, -0.2) is 0 Å². The van der Waals surface area contributed by atoms with E-state index >= 15 is 0 Å². The molecule has 0 heterocycles. The van der Waals surface area contributed by atoms with Crippen molar-refractivity contribution in [3.8, 4) is 5.75 Å². The van der Waals surface area contributed by atoms with Gasteiger partial charge in [0.25, 0.3) is 0 Å². The Morgan fingerprint density at radius 3 is 2.48 bits per heavy atom. The van der Waals surface area contributed by atoms with Gasteiger partial charge in [0, 0.05) is 18.4 Å². The van der Waals surface area contributed by atoms with Gasteiger partial charge >= 0.3 is 0 Å². The van der Waals surface area contributed by atoms with Crippen molar-refractivity contribution in [2.45, 2.75) is 52.2 Å². The largest absolute Gasteiger partial charge is 0.508 e. The number of para-hydroxylation sites is 1. The normalized spacial score (nSPS) is 13.6. The molecule has 21 heavy (non-hydrogen) atoms. The van der Waals surface area contributed by atoms with E-state index in [1.54, 1.807) is 30.3 Å². The highest BCUT2D eigenvalue weighted by atomic mass is 16.3. The molecule has 0 saturated heterocycles. The highest BCUT2D eigenvalue weighted by Crippen LogP contribution is 2.26. The summed E-state index contributed by atoms with van der Waals surface area (Å²) < 4.78 is 0. The number of aromatic hydroxyl groups is 1. The van der Waals surface area contributed by atoms with Crippen LogP contribution in [0.25, 0.3) is 0 Å². The summed E-state index contributed by atoms with van der Waals surface area (Å²) >= 11 is 0. The topological polar surface area (TPSA) is 60.7 Å². The minimum absolute atomic E-state index is 0.105. The predicted octanol–water partition coefficient (Wildman–Crippen LogP) is 3.71. The van der Waals surface area contributed by atoms with Crippen LogP contribution in [0.1, 0.15) is 51.7 Å². The number of rotatable bonds is 7. The molecule has 0 aromatic heterocycles. The van der Waals surface area contributed by atoms with Crippen LogP contribution < -0.4 is 0 Å². The molecule has 0 spiro atoms. The monoisotopic (exact) mass is 290 g/mol. The maximum absolute atomic E-state index is 10.1. The second-order valence-corrected chi connectivity index (χ2v) is 5.63. The number of hydrogen-bond donors (Lipinski definition) is 3. The Morgan fingerprint density at radius 2 is 1.90 bits per heavy atom. The number of aliphatic hydroxyl groups is 2. The van der Waals surface area contributed by atoms with Gasteiger partial charge in [-0.15, -0.1) is 5.73 Å². The van der Waals surface area contributed by atoms with Gasteiger partial charge in [0.15, 0.2) is 0 Å². The van der Waals surface area contributed by atoms with Gasteiger partial charge in [-0.3, -0.25) is 0 Å². The quantitative estimate of drug-likeness (QED) is 0.671. The lowest BCUT2D eigenvalue weighted by Gasteiger charge is -2.14. The van der Waals surface area contributed by atoms with E-state index in [1.807, 2.05) is 20.8 Å². The van der Waals surface area contributed by atoms with Crippen molar-refractivity contribution < 1.29 is 15.3 Å². The molecule has 3 heteroatoms. The second kappa shape index (κ2) is 8.68. The zero-order valence-electron chi connectivity index (χ0n) is 13.1. The predicted molar refractivity (Wildman–Crippen MR) is 85.0 cm³/mol. The lowest BCUT2D eigenvalue weighted by atomic mass is 9.98. The summed E-state index contributed by atoms with van der Waals surface area (Å²) in [7, 11) is 0. The molecule has 0 bridgehead atoms. The highest BCUT2D eigenvalue weighted by molar-refractivity contribution is 5.33. The summed E-state index contributed by atoms with van der Waals surface area (Å²) in [5, 5.41) is 29.6. The third-order valence-corrected chi connectivity index (χ3v) is 3.59. The average Bonchev–Trinajstić information content (AvgIpc) is 2.46. The number of phenolic OH excluding ortho intramolecular Hbond substituents is 1. The van der Waals surface area contributed by atoms with Crippen molar-refractivity contribution in [3.05, 3.63) is 47.2 Å². The van der Waals surface area contributed by atoms with Gasteiger partial charge in [0.1, 0.15) is 5.75 Å². The van der Waals surface area contributed by atoms with Gasteiger partial charge in [-0.2, -0.15) is 0 Å². The number of phenols is 1. The van der Waals surface area contributed by atoms with E-state index in [0.29, 0.717) is 18.4 Å². The van der Waals surface area contributed by atoms with E-state index in [4.69, 9.17) is 0 Å². The molecule has 0 aliphatic rings. The average molecular weight is 290 g/mol. The zero-order chi connectivity index (χ0) is 15.8. The van der Waals surface area contributed by atoms with Crippen LogP contribution in [0.15, 0.2) is 41.6 Å². The molecule has 0 fully saturated rings. The molecule has 0 unspecified atom stereocenters. The smallest absolute Gasteiger partial charge is 0.121 e. The first kappa shape index (κ1) is 17.5. The van der Waals surface area contributed by atoms with E-state index in [9.17, 15) is 15.3 Å². The third-order valence-electron chi connectivity index (χ3n) is 3.59. The van der Waals surface area contributed by atoms with Crippen LogP contribution >= 0.6 is 0 Å². The zero-order valence-corrected chi connectivity index (χ0v) is 13.1. The van der Waals surface area contributed by atoms with Gasteiger partial charge in [0.2, 0.25) is 0 Å². The van der Waals surface area contributed by atoms with Crippen LogP contribution in [0.5, 0.6) is 5.75 Å². The molecular weight excluding hydrogens is 264 g/mol. The fraction of sp³-hybridized carbons (Fsp3) is 0.500. The number of aliphatic hydroxyl groups excluding tert-OH is 2. The van der Waals surface area contributed by atoms with Crippen LogP contribution in [0.3, 0.4) is 0 Å². The molecule has 0 amide bonds. The molecule has 0 saturated carbocycles. The first-order valence-electron chi connectivity index (χ1n) is 7.52. The van der Waals surface area contributed by atoms with Crippen molar-refractivity contribution in [1.82, 2.24) is 0 Å². The van der Waals surface area contributed by atoms with Crippen LogP contribution in [0.4, 0.5) is 0 Å². The molecule has 0 aliphatic carbocycles. The first-order valence-corrected chi connectivity index (χ1v) is 7.52. The molecule has 1 aromatic carbocycles. The Hall–Kier alpha value is -1.54. The molecular formula is C18H26O3. The molecule has 3 N–H and O–H groups in total. The van der Waals surface area contributed by atoms with Gasteiger partial charge in [-0.1, -0.05) is 39.0 Å². The van der Waals surface area contributed by atoms with Crippen molar-refractivity contribution >= 4 is 0 Å². The number of benzene rings is 1. The Bertz CT molecular complexity index is 499. The second-order valence-electron chi connectivity index (χ2n) is 5.63. The van der Waals surface area contributed by atoms with Gasteiger partial charge in [-0.05, 0) is 30.1 Å². The maximum Gasteiger partial charge on any atom is 0.121 e. The van der Waals surface area contributed by atoms with E-state index in [0.717, 1.165) is 12.0 Å². The SMILES string of the molecule is CCC(=C=CC[C@@H](O)c1ccccc1O)C[C@@H](O)C(C)C. The van der Waals surface area contributed by atoms with Crippen molar-refractivity contribution in [2.75, 3.05) is 0 Å². The summed E-state index contributed by atoms with van der Waals surface area (Å²) in [5.41, 5.74) is 4.73. The number of hydrogen-bond acceptors (Lipinski definition) is 3. The molecule has 2 atom stereocenters. The first-order chi connectivity index (χ1) is 9.95. The van der Waals surface area contributed by atoms with E-state index in [-0.39, 0.29) is 17.8 Å². The fourth-order valence-electron chi connectivity index (χ4n) is 2.00. The molecule has 1 aromatic rings. The maximum atomic E-state index is 10.1. The Balaban J connectivity index is 2.70. The van der Waals surface area contributed by atoms with Gasteiger partial charge in [0.05, 0.1) is 12.2 Å². The van der Waals surface area contributed by atoms with Crippen LogP contribution in [0, 0.1) is 5.92 Å². The van der Waals surface area contributed by atoms with Gasteiger partial charge < -0.3 is 15.3 Å². The van der Waals surface area contributed by atoms with E-state index in [1.165, 1.54) is 0 Å². The summed E-state index contributed by atoms with van der Waals surface area (Å²) in [6.45, 7) is 6.01. The summed E-state index contributed by atoms with van der Waals surface area (Å²) in [6, 6.07) is 6.79. The van der Waals surface area contributed by atoms with E-state index < -0.39 is 6.10 Å². The highest BCUT2D eigenvalue weighted by Gasteiger charge is 2.11. The Labute approximate surface area is 127 Å². The molecule has 116 valence electrons.